The van der Waals surface area contributed by atoms with E-state index < -0.39 is 0 Å². The van der Waals surface area contributed by atoms with Crippen molar-refractivity contribution in [2.45, 2.75) is 174 Å². The lowest BCUT2D eigenvalue weighted by atomic mass is 10.1. The Hall–Kier alpha value is -2.86. The number of pyridine rings is 1. The third-order valence-electron chi connectivity index (χ3n) is 9.19. The Bertz CT molecular complexity index is 1030. The number of ether oxygens (including phenoxy) is 3. The molecule has 0 saturated heterocycles. The average molecular weight is 737 g/mol. The largest absolute Gasteiger partial charge is 0.478 e. The average Bonchev–Trinajstić information content (AvgIpc) is 3.15. The van der Waals surface area contributed by atoms with Crippen LogP contribution in [0.1, 0.15) is 185 Å². The van der Waals surface area contributed by atoms with Crippen LogP contribution >= 0.6 is 0 Å². The lowest BCUT2D eigenvalue weighted by Crippen LogP contribution is -2.16. The number of hydrogen-bond donors (Lipinski definition) is 0. The Morgan fingerprint density at radius 1 is 0.528 bits per heavy atom. The molecule has 0 atom stereocenters. The fourth-order valence-electron chi connectivity index (χ4n) is 5.91. The highest BCUT2D eigenvalue weighted by Crippen LogP contribution is 2.21. The van der Waals surface area contributed by atoms with E-state index in [-0.39, 0.29) is 5.97 Å². The second-order valence-corrected chi connectivity index (χ2v) is 14.7. The zero-order chi connectivity index (χ0) is 38.3. The molecule has 1 aromatic heterocycles. The Kier molecular flexibility index (Phi) is 34.0. The van der Waals surface area contributed by atoms with Crippen LogP contribution in [0.15, 0.2) is 60.7 Å². The fourth-order valence-corrected chi connectivity index (χ4v) is 5.91. The summed E-state index contributed by atoms with van der Waals surface area (Å²) in [5, 5.41) is 0. The Labute approximate surface area is 326 Å². The summed E-state index contributed by atoms with van der Waals surface area (Å²) in [6.45, 7) is 6.91. The van der Waals surface area contributed by atoms with E-state index in [9.17, 15) is 4.79 Å². The minimum atomic E-state index is -0.358. The molecule has 1 heterocycles. The van der Waals surface area contributed by atoms with Crippen LogP contribution in [0.2, 0.25) is 0 Å². The van der Waals surface area contributed by atoms with Gasteiger partial charge in [0.1, 0.15) is 0 Å². The standard InChI is InChI=1S/C47H80N2O4/c1-5-7-9-11-13-15-17-19-21-23-25-27-29-31-33-35-39-51-45-42-44(47(50)53-41-37-38-49(3)4)43-46(48-45)52-40-36-34-32-30-28-26-24-22-20-18-16-14-12-10-8-6-2/h13-16,19-22,42-43H,5-12,17-18,23-41H2,1-4H3/b15-13-,16-14-,21-19-,22-20-. The van der Waals surface area contributed by atoms with Crippen LogP contribution in [-0.4, -0.2) is 56.3 Å². The molecule has 0 spiro atoms. The van der Waals surface area contributed by atoms with E-state index >= 15 is 0 Å². The Morgan fingerprint density at radius 2 is 0.925 bits per heavy atom. The molecular weight excluding hydrogens is 657 g/mol. The van der Waals surface area contributed by atoms with Crippen LogP contribution in [-0.2, 0) is 4.74 Å². The van der Waals surface area contributed by atoms with Crippen LogP contribution < -0.4 is 9.47 Å². The molecule has 0 aliphatic heterocycles. The van der Waals surface area contributed by atoms with Gasteiger partial charge in [-0.15, -0.1) is 0 Å². The Morgan fingerprint density at radius 3 is 1.34 bits per heavy atom. The number of unbranched alkanes of at least 4 members (excludes halogenated alkanes) is 18. The molecule has 0 unspecified atom stereocenters. The van der Waals surface area contributed by atoms with Gasteiger partial charge >= 0.3 is 5.97 Å². The van der Waals surface area contributed by atoms with Gasteiger partial charge in [-0.25, -0.2) is 4.79 Å². The van der Waals surface area contributed by atoms with Gasteiger partial charge in [-0.2, -0.15) is 4.98 Å². The van der Waals surface area contributed by atoms with Crippen molar-refractivity contribution in [2.75, 3.05) is 40.5 Å². The van der Waals surface area contributed by atoms with Crippen molar-refractivity contribution in [3.63, 3.8) is 0 Å². The highest BCUT2D eigenvalue weighted by molar-refractivity contribution is 5.90. The first-order valence-corrected chi connectivity index (χ1v) is 21.8. The van der Waals surface area contributed by atoms with E-state index in [1.165, 1.54) is 116 Å². The van der Waals surface area contributed by atoms with E-state index in [0.29, 0.717) is 37.1 Å². The van der Waals surface area contributed by atoms with Crippen LogP contribution in [0.5, 0.6) is 11.8 Å². The van der Waals surface area contributed by atoms with Gasteiger partial charge in [0.25, 0.3) is 0 Å². The summed E-state index contributed by atoms with van der Waals surface area (Å²) in [7, 11) is 4.03. The predicted octanol–water partition coefficient (Wildman–Crippen LogP) is 13.6. The van der Waals surface area contributed by atoms with E-state index in [2.05, 4.69) is 72.3 Å². The number of nitrogens with zero attached hydrogens (tertiary/aromatic N) is 2. The highest BCUT2D eigenvalue weighted by atomic mass is 16.5. The van der Waals surface area contributed by atoms with Gasteiger partial charge < -0.3 is 19.1 Å². The number of carbonyl (C=O) groups is 1. The quantitative estimate of drug-likeness (QED) is 0.0385. The number of carbonyl (C=O) groups excluding carboxylic acids is 1. The van der Waals surface area contributed by atoms with Crippen molar-refractivity contribution >= 4 is 5.97 Å². The maximum Gasteiger partial charge on any atom is 0.338 e. The smallest absolute Gasteiger partial charge is 0.338 e. The lowest BCUT2D eigenvalue weighted by molar-refractivity contribution is 0.0491. The first-order chi connectivity index (χ1) is 26.1. The molecule has 0 saturated carbocycles. The van der Waals surface area contributed by atoms with Crippen molar-refractivity contribution in [3.05, 3.63) is 66.3 Å². The van der Waals surface area contributed by atoms with E-state index in [1.54, 1.807) is 12.1 Å². The normalized spacial score (nSPS) is 12.0. The minimum absolute atomic E-state index is 0.358. The molecule has 53 heavy (non-hydrogen) atoms. The van der Waals surface area contributed by atoms with E-state index in [4.69, 9.17) is 14.2 Å². The van der Waals surface area contributed by atoms with Gasteiger partial charge in [0.15, 0.2) is 0 Å². The van der Waals surface area contributed by atoms with Crippen LogP contribution in [0.3, 0.4) is 0 Å². The van der Waals surface area contributed by atoms with Gasteiger partial charge in [-0.1, -0.05) is 140 Å². The first-order valence-electron chi connectivity index (χ1n) is 21.8. The molecule has 6 nitrogen and oxygen atoms in total. The molecular formula is C47H80N2O4. The molecule has 6 heteroatoms. The summed E-state index contributed by atoms with van der Waals surface area (Å²) in [4.78, 5) is 19.5. The van der Waals surface area contributed by atoms with Crippen molar-refractivity contribution in [2.24, 2.45) is 0 Å². The summed E-state index contributed by atoms with van der Waals surface area (Å²) in [5.41, 5.74) is 0.434. The predicted molar refractivity (Wildman–Crippen MR) is 227 cm³/mol. The molecule has 0 aromatic carbocycles. The maximum absolute atomic E-state index is 12.9. The second kappa shape index (κ2) is 37.5. The Balaban J connectivity index is 2.32. The number of aromatic nitrogens is 1. The van der Waals surface area contributed by atoms with Crippen molar-refractivity contribution < 1.29 is 19.0 Å². The monoisotopic (exact) mass is 737 g/mol. The number of rotatable bonds is 37. The number of esters is 1. The van der Waals surface area contributed by atoms with E-state index in [1.807, 2.05) is 14.1 Å². The SMILES string of the molecule is CCCCC/C=C\C/C=C\CCCCCCCCOc1cc(C(=O)OCCCN(C)C)cc(OCCCCCCCC/C=C\C/C=C\CCCCC)n1. The van der Waals surface area contributed by atoms with Crippen LogP contribution in [0.25, 0.3) is 0 Å². The third kappa shape index (κ3) is 32.3. The molecule has 0 bridgehead atoms. The number of hydrogen-bond acceptors (Lipinski definition) is 6. The van der Waals surface area contributed by atoms with Crippen molar-refractivity contribution in [1.82, 2.24) is 9.88 Å². The first kappa shape index (κ1) is 48.2. The maximum atomic E-state index is 12.9. The van der Waals surface area contributed by atoms with Crippen LogP contribution in [0.4, 0.5) is 0 Å². The van der Waals surface area contributed by atoms with E-state index in [0.717, 1.165) is 51.5 Å². The molecule has 0 N–H and O–H groups in total. The molecule has 1 rings (SSSR count). The highest BCUT2D eigenvalue weighted by Gasteiger charge is 2.13. The molecule has 0 aliphatic rings. The van der Waals surface area contributed by atoms with Crippen molar-refractivity contribution in [1.29, 1.82) is 0 Å². The van der Waals surface area contributed by atoms with Crippen LogP contribution in [0, 0.1) is 0 Å². The topological polar surface area (TPSA) is 60.9 Å². The van der Waals surface area contributed by atoms with Gasteiger partial charge in [-0.3, -0.25) is 0 Å². The molecule has 1 aromatic rings. The minimum Gasteiger partial charge on any atom is -0.478 e. The molecule has 0 fully saturated rings. The zero-order valence-electron chi connectivity index (χ0n) is 34.8. The van der Waals surface area contributed by atoms with Crippen molar-refractivity contribution in [3.8, 4) is 11.8 Å². The fraction of sp³-hybridized carbons (Fsp3) is 0.702. The number of allylic oxidation sites excluding steroid dienone is 8. The van der Waals surface area contributed by atoms with Gasteiger partial charge in [0.2, 0.25) is 11.8 Å². The third-order valence-corrected chi connectivity index (χ3v) is 9.19. The summed E-state index contributed by atoms with van der Waals surface area (Å²) in [6, 6.07) is 3.38. The molecule has 302 valence electrons. The van der Waals surface area contributed by atoms with Gasteiger partial charge in [0, 0.05) is 18.7 Å². The second-order valence-electron chi connectivity index (χ2n) is 14.7. The summed E-state index contributed by atoms with van der Waals surface area (Å²) in [6.07, 6.45) is 48.3. The van der Waals surface area contributed by atoms with Gasteiger partial charge in [-0.05, 0) is 97.6 Å². The van der Waals surface area contributed by atoms with Gasteiger partial charge in [0.05, 0.1) is 25.4 Å². The molecule has 0 radical (unpaired) electrons. The zero-order valence-corrected chi connectivity index (χ0v) is 34.8. The summed E-state index contributed by atoms with van der Waals surface area (Å²) in [5.74, 6) is 0.507. The molecule has 0 aliphatic carbocycles. The molecule has 0 amide bonds. The summed E-state index contributed by atoms with van der Waals surface area (Å²) >= 11 is 0. The lowest BCUT2D eigenvalue weighted by Gasteiger charge is -2.12. The summed E-state index contributed by atoms with van der Waals surface area (Å²) < 4.78 is 17.6.